The van der Waals surface area contributed by atoms with Crippen LogP contribution in [0.25, 0.3) is 11.5 Å². The molecule has 3 aromatic rings. The maximum atomic E-state index is 12.6. The van der Waals surface area contributed by atoms with Crippen molar-refractivity contribution in [3.8, 4) is 23.0 Å². The summed E-state index contributed by atoms with van der Waals surface area (Å²) in [6.07, 6.45) is 1.72. The van der Waals surface area contributed by atoms with Crippen LogP contribution in [0.3, 0.4) is 0 Å². The highest BCUT2D eigenvalue weighted by atomic mass is 32.2. The predicted octanol–water partition coefficient (Wildman–Crippen LogP) is 3.35. The van der Waals surface area contributed by atoms with E-state index in [0.717, 1.165) is 5.69 Å². The number of pyridine rings is 1. The number of carbonyl (C=O) groups is 1. The van der Waals surface area contributed by atoms with E-state index in [1.807, 2.05) is 29.7 Å². The van der Waals surface area contributed by atoms with Gasteiger partial charge in [-0.05, 0) is 37.3 Å². The Morgan fingerprint density at radius 3 is 2.59 bits per heavy atom. The Kier molecular flexibility index (Phi) is 6.08. The summed E-state index contributed by atoms with van der Waals surface area (Å²) >= 11 is 1.35. The first-order valence-corrected chi connectivity index (χ1v) is 9.39. The van der Waals surface area contributed by atoms with Crippen molar-refractivity contribution >= 4 is 17.5 Å². The number of hydrogen-bond acceptors (Lipinski definition) is 7. The summed E-state index contributed by atoms with van der Waals surface area (Å²) in [5, 5.41) is 9.16. The largest absolute Gasteiger partial charge is 0.493 e. The summed E-state index contributed by atoms with van der Waals surface area (Å²) in [7, 11) is 3.11. The van der Waals surface area contributed by atoms with Crippen molar-refractivity contribution in [1.82, 2.24) is 19.7 Å². The van der Waals surface area contributed by atoms with E-state index < -0.39 is 0 Å². The number of rotatable bonds is 8. The highest BCUT2D eigenvalue weighted by molar-refractivity contribution is 7.99. The molecule has 3 rings (SSSR count). The van der Waals surface area contributed by atoms with E-state index in [1.54, 1.807) is 38.6 Å². The number of thioether (sulfide) groups is 1. The summed E-state index contributed by atoms with van der Waals surface area (Å²) in [4.78, 5) is 16.9. The van der Waals surface area contributed by atoms with Crippen LogP contribution in [0, 0.1) is 0 Å². The minimum atomic E-state index is -0.0222. The molecular weight excluding hydrogens is 364 g/mol. The fourth-order valence-corrected chi connectivity index (χ4v) is 3.48. The van der Waals surface area contributed by atoms with Crippen molar-refractivity contribution in [2.45, 2.75) is 18.6 Å². The normalized spacial score (nSPS) is 10.6. The molecule has 27 heavy (non-hydrogen) atoms. The molecule has 0 unspecified atom stereocenters. The number of benzene rings is 1. The molecular formula is C19H20N4O3S. The molecule has 0 bridgehead atoms. The minimum Gasteiger partial charge on any atom is -0.493 e. The highest BCUT2D eigenvalue weighted by Gasteiger charge is 2.16. The Bertz CT molecular complexity index is 928. The Hall–Kier alpha value is -2.87. The zero-order chi connectivity index (χ0) is 19.2. The molecule has 0 aliphatic carbocycles. The quantitative estimate of drug-likeness (QED) is 0.435. The summed E-state index contributed by atoms with van der Waals surface area (Å²) < 4.78 is 12.4. The lowest BCUT2D eigenvalue weighted by atomic mass is 10.1. The van der Waals surface area contributed by atoms with Crippen LogP contribution in [0.15, 0.2) is 47.8 Å². The number of ether oxygens (including phenoxy) is 2. The van der Waals surface area contributed by atoms with Crippen LogP contribution < -0.4 is 9.47 Å². The first kappa shape index (κ1) is 18.9. The van der Waals surface area contributed by atoms with Gasteiger partial charge in [-0.25, -0.2) is 0 Å². The van der Waals surface area contributed by atoms with Gasteiger partial charge in [0.1, 0.15) is 5.69 Å². The highest BCUT2D eigenvalue weighted by Crippen LogP contribution is 2.29. The van der Waals surface area contributed by atoms with Gasteiger partial charge in [0.2, 0.25) is 0 Å². The Labute approximate surface area is 161 Å². The molecule has 140 valence electrons. The number of ketones is 1. The number of hydrogen-bond donors (Lipinski definition) is 0. The predicted molar refractivity (Wildman–Crippen MR) is 104 cm³/mol. The van der Waals surface area contributed by atoms with Crippen LogP contribution in [0.4, 0.5) is 0 Å². The van der Waals surface area contributed by atoms with E-state index in [2.05, 4.69) is 15.2 Å². The van der Waals surface area contributed by atoms with Gasteiger partial charge in [0.25, 0.3) is 0 Å². The fourth-order valence-electron chi connectivity index (χ4n) is 2.59. The number of Topliss-reactive ketones (excluding diaryl/α,β-unsaturated/α-hetero) is 1. The fraction of sp³-hybridized carbons (Fsp3) is 0.263. The van der Waals surface area contributed by atoms with E-state index in [1.165, 1.54) is 11.8 Å². The Morgan fingerprint density at radius 2 is 1.93 bits per heavy atom. The summed E-state index contributed by atoms with van der Waals surface area (Å²) in [6.45, 7) is 2.70. The van der Waals surface area contributed by atoms with Crippen molar-refractivity contribution in [2.24, 2.45) is 0 Å². The molecule has 0 aliphatic rings. The van der Waals surface area contributed by atoms with E-state index in [4.69, 9.17) is 9.47 Å². The van der Waals surface area contributed by atoms with E-state index in [9.17, 15) is 4.79 Å². The van der Waals surface area contributed by atoms with Crippen molar-refractivity contribution < 1.29 is 14.3 Å². The van der Waals surface area contributed by atoms with Gasteiger partial charge in [0.15, 0.2) is 28.3 Å². The van der Waals surface area contributed by atoms with Gasteiger partial charge in [0.05, 0.1) is 20.0 Å². The monoisotopic (exact) mass is 384 g/mol. The molecule has 2 heterocycles. The Balaban J connectivity index is 1.75. The van der Waals surface area contributed by atoms with Gasteiger partial charge in [-0.3, -0.25) is 9.78 Å². The summed E-state index contributed by atoms with van der Waals surface area (Å²) in [5.41, 5.74) is 1.32. The molecule has 8 heteroatoms. The lowest BCUT2D eigenvalue weighted by molar-refractivity contribution is 0.102. The third kappa shape index (κ3) is 4.11. The van der Waals surface area contributed by atoms with Crippen LogP contribution in [0.5, 0.6) is 11.5 Å². The van der Waals surface area contributed by atoms with Crippen molar-refractivity contribution in [1.29, 1.82) is 0 Å². The molecule has 1 aromatic carbocycles. The first-order chi connectivity index (χ1) is 13.2. The average Bonchev–Trinajstić information content (AvgIpc) is 3.14. The molecule has 0 aliphatic heterocycles. The van der Waals surface area contributed by atoms with Gasteiger partial charge in [-0.1, -0.05) is 17.8 Å². The number of methoxy groups -OCH3 is 2. The lowest BCUT2D eigenvalue weighted by Crippen LogP contribution is -2.06. The zero-order valence-electron chi connectivity index (χ0n) is 15.4. The number of nitrogens with zero attached hydrogens (tertiary/aromatic N) is 4. The first-order valence-electron chi connectivity index (χ1n) is 8.40. The second kappa shape index (κ2) is 8.68. The van der Waals surface area contributed by atoms with Crippen molar-refractivity contribution in [3.05, 3.63) is 48.2 Å². The van der Waals surface area contributed by atoms with Gasteiger partial charge in [-0.2, -0.15) is 0 Å². The molecule has 0 fully saturated rings. The van der Waals surface area contributed by atoms with Crippen molar-refractivity contribution in [3.63, 3.8) is 0 Å². The van der Waals surface area contributed by atoms with Gasteiger partial charge in [-0.15, -0.1) is 10.2 Å². The molecule has 0 saturated heterocycles. The molecule has 0 radical (unpaired) electrons. The zero-order valence-corrected chi connectivity index (χ0v) is 16.2. The van der Waals surface area contributed by atoms with Gasteiger partial charge < -0.3 is 14.0 Å². The second-order valence-corrected chi connectivity index (χ2v) is 6.49. The molecule has 0 saturated carbocycles. The van der Waals surface area contributed by atoms with Crippen LogP contribution in [-0.4, -0.2) is 45.5 Å². The molecule has 0 atom stereocenters. The maximum absolute atomic E-state index is 12.6. The lowest BCUT2D eigenvalue weighted by Gasteiger charge is -2.09. The van der Waals surface area contributed by atoms with Crippen LogP contribution >= 0.6 is 11.8 Å². The van der Waals surface area contributed by atoms with Crippen molar-refractivity contribution in [2.75, 3.05) is 20.0 Å². The molecule has 0 amide bonds. The smallest absolute Gasteiger partial charge is 0.191 e. The van der Waals surface area contributed by atoms with Crippen LogP contribution in [0.1, 0.15) is 17.3 Å². The van der Waals surface area contributed by atoms with Crippen LogP contribution in [0.2, 0.25) is 0 Å². The van der Waals surface area contributed by atoms with E-state index in [0.29, 0.717) is 34.6 Å². The molecule has 0 N–H and O–H groups in total. The molecule has 0 spiro atoms. The van der Waals surface area contributed by atoms with Gasteiger partial charge in [0, 0.05) is 18.3 Å². The molecule has 7 nitrogen and oxygen atoms in total. The van der Waals surface area contributed by atoms with Crippen LogP contribution in [-0.2, 0) is 6.54 Å². The van der Waals surface area contributed by atoms with E-state index in [-0.39, 0.29) is 11.5 Å². The second-order valence-electron chi connectivity index (χ2n) is 5.55. The van der Waals surface area contributed by atoms with Gasteiger partial charge >= 0.3 is 0 Å². The Morgan fingerprint density at radius 1 is 1.11 bits per heavy atom. The SMILES string of the molecule is CCn1c(SCC(=O)c2ccc(OC)c(OC)c2)nnc1-c1ccccn1. The topological polar surface area (TPSA) is 79.1 Å². The summed E-state index contributed by atoms with van der Waals surface area (Å²) in [5.74, 6) is 2.04. The average molecular weight is 384 g/mol. The molecule has 2 aromatic heterocycles. The third-order valence-corrected chi connectivity index (χ3v) is 4.93. The third-order valence-electron chi connectivity index (χ3n) is 3.96. The number of aromatic nitrogens is 4. The van der Waals surface area contributed by atoms with E-state index >= 15 is 0 Å². The standard InChI is InChI=1S/C19H20N4O3S/c1-4-23-18(14-7-5-6-10-20-14)21-22-19(23)27-12-15(24)13-8-9-16(25-2)17(11-13)26-3/h5-11H,4,12H2,1-3H3. The number of carbonyl (C=O) groups excluding carboxylic acids is 1. The minimum absolute atomic E-state index is 0.0222. The summed E-state index contributed by atoms with van der Waals surface area (Å²) in [6, 6.07) is 10.8. The maximum Gasteiger partial charge on any atom is 0.191 e.